The summed E-state index contributed by atoms with van der Waals surface area (Å²) in [6.07, 6.45) is 3.13. The van der Waals surface area contributed by atoms with Gasteiger partial charge in [-0.15, -0.1) is 0 Å². The summed E-state index contributed by atoms with van der Waals surface area (Å²) in [5, 5.41) is 0. The van der Waals surface area contributed by atoms with E-state index in [1.165, 1.54) is 20.5 Å². The van der Waals surface area contributed by atoms with Crippen molar-refractivity contribution >= 4 is 11.5 Å². The van der Waals surface area contributed by atoms with Crippen molar-refractivity contribution in [3.63, 3.8) is 0 Å². The van der Waals surface area contributed by atoms with Gasteiger partial charge in [0.2, 0.25) is 5.88 Å². The molecule has 0 fully saturated rings. The van der Waals surface area contributed by atoms with Gasteiger partial charge in [0.05, 0.1) is 27.1 Å². The Kier molecular flexibility index (Phi) is 8.62. The van der Waals surface area contributed by atoms with Crippen LogP contribution < -0.4 is 5.48 Å². The Balaban J connectivity index is 2.01. The molecular weight excluding hydrogens is 358 g/mol. The van der Waals surface area contributed by atoms with Crippen molar-refractivity contribution in [3.8, 4) is 0 Å². The van der Waals surface area contributed by atoms with Crippen LogP contribution in [-0.4, -0.2) is 20.2 Å². The summed E-state index contributed by atoms with van der Waals surface area (Å²) in [5.74, 6) is -0.00838. The van der Waals surface area contributed by atoms with E-state index in [1.807, 2.05) is 61.5 Å². The summed E-state index contributed by atoms with van der Waals surface area (Å²) in [6.45, 7) is 2.47. The number of allylic oxidation sites excluding steroid dienone is 1. The summed E-state index contributed by atoms with van der Waals surface area (Å²) in [6, 6.07) is 17.2. The van der Waals surface area contributed by atoms with E-state index in [0.29, 0.717) is 23.6 Å². The third kappa shape index (κ3) is 6.17. The van der Waals surface area contributed by atoms with E-state index >= 15 is 0 Å². The number of methoxy groups -OCH3 is 2. The molecular formula is C22H25NO5. The van der Waals surface area contributed by atoms with Crippen molar-refractivity contribution in [1.29, 1.82) is 0 Å². The van der Waals surface area contributed by atoms with Crippen LogP contribution in [0, 0.1) is 0 Å². The normalized spacial score (nSPS) is 11.7. The number of rotatable bonds is 10. The number of esters is 1. The predicted octanol–water partition coefficient (Wildman–Crippen LogP) is 3.95. The molecule has 0 aliphatic heterocycles. The molecule has 2 aromatic rings. The molecule has 0 amide bonds. The number of carbonyl (C=O) groups excluding carboxylic acids is 1. The zero-order valence-electron chi connectivity index (χ0n) is 16.3. The van der Waals surface area contributed by atoms with E-state index < -0.39 is 5.97 Å². The van der Waals surface area contributed by atoms with Crippen LogP contribution in [-0.2, 0) is 37.1 Å². The van der Waals surface area contributed by atoms with Gasteiger partial charge in [0.15, 0.2) is 0 Å². The van der Waals surface area contributed by atoms with E-state index in [4.69, 9.17) is 19.0 Å². The van der Waals surface area contributed by atoms with E-state index in [1.54, 1.807) is 6.08 Å². The maximum atomic E-state index is 12.1. The van der Waals surface area contributed by atoms with E-state index in [2.05, 4.69) is 5.48 Å². The Morgan fingerprint density at radius 3 is 2.39 bits per heavy atom. The topological polar surface area (TPSA) is 66.0 Å². The number of hydrogen-bond donors (Lipinski definition) is 1. The highest BCUT2D eigenvalue weighted by Gasteiger charge is 2.17. The molecule has 0 aliphatic rings. The van der Waals surface area contributed by atoms with Crippen molar-refractivity contribution in [2.24, 2.45) is 0 Å². The minimum Gasteiger partial charge on any atom is -0.503 e. The van der Waals surface area contributed by atoms with E-state index in [0.717, 1.165) is 11.1 Å². The molecule has 0 radical (unpaired) electrons. The van der Waals surface area contributed by atoms with Gasteiger partial charge in [0.25, 0.3) is 0 Å². The van der Waals surface area contributed by atoms with Crippen molar-refractivity contribution in [2.75, 3.05) is 14.2 Å². The number of hydrogen-bond acceptors (Lipinski definition) is 6. The lowest BCUT2D eigenvalue weighted by atomic mass is 10.0. The van der Waals surface area contributed by atoms with Gasteiger partial charge in [-0.2, -0.15) is 0 Å². The summed E-state index contributed by atoms with van der Waals surface area (Å²) in [7, 11) is 2.81. The first-order valence-corrected chi connectivity index (χ1v) is 8.80. The molecule has 0 atom stereocenters. The van der Waals surface area contributed by atoms with Crippen LogP contribution in [0.15, 0.2) is 72.8 Å². The van der Waals surface area contributed by atoms with Gasteiger partial charge >= 0.3 is 5.97 Å². The minimum absolute atomic E-state index is 0.232. The third-order valence-corrected chi connectivity index (χ3v) is 3.85. The predicted molar refractivity (Wildman–Crippen MR) is 106 cm³/mol. The summed E-state index contributed by atoms with van der Waals surface area (Å²) >= 11 is 0. The largest absolute Gasteiger partial charge is 0.503 e. The Morgan fingerprint density at radius 2 is 1.71 bits per heavy atom. The minimum atomic E-state index is -0.482. The second-order valence-corrected chi connectivity index (χ2v) is 5.73. The maximum absolute atomic E-state index is 12.1. The molecule has 28 heavy (non-hydrogen) atoms. The highest BCUT2D eigenvalue weighted by atomic mass is 16.7. The van der Waals surface area contributed by atoms with Gasteiger partial charge < -0.3 is 14.2 Å². The van der Waals surface area contributed by atoms with Crippen LogP contribution in [0.5, 0.6) is 0 Å². The van der Waals surface area contributed by atoms with Crippen LogP contribution in [0.1, 0.15) is 23.6 Å². The van der Waals surface area contributed by atoms with Crippen LogP contribution in [0.4, 0.5) is 0 Å². The molecule has 0 saturated heterocycles. The van der Waals surface area contributed by atoms with Crippen molar-refractivity contribution in [3.05, 3.63) is 89.5 Å². The van der Waals surface area contributed by atoms with Crippen LogP contribution in [0.25, 0.3) is 5.57 Å². The number of ether oxygens (including phenoxy) is 3. The van der Waals surface area contributed by atoms with E-state index in [9.17, 15) is 4.79 Å². The fraction of sp³-hybridized carbons (Fsp3) is 0.227. The molecule has 6 nitrogen and oxygen atoms in total. The molecule has 0 saturated carbocycles. The molecule has 0 aliphatic carbocycles. The number of carbonyl (C=O) groups is 1. The van der Waals surface area contributed by atoms with Gasteiger partial charge in [-0.05, 0) is 29.7 Å². The maximum Gasteiger partial charge on any atom is 0.341 e. The average Bonchev–Trinajstić information content (AvgIpc) is 2.75. The smallest absolute Gasteiger partial charge is 0.341 e. The number of benzene rings is 2. The fourth-order valence-corrected chi connectivity index (χ4v) is 2.45. The monoisotopic (exact) mass is 383 g/mol. The SMILES string of the molecule is CC=C(NOCc1ccccc1)OCc1ccccc1C(=COC)C(=O)OC. The molecule has 2 rings (SSSR count). The molecule has 0 unspecified atom stereocenters. The molecule has 6 heteroatoms. The quantitative estimate of drug-likeness (QED) is 0.290. The fourth-order valence-electron chi connectivity index (χ4n) is 2.45. The Hall–Kier alpha value is -3.25. The number of nitrogens with one attached hydrogen (secondary N) is 1. The Bertz CT molecular complexity index is 815. The van der Waals surface area contributed by atoms with Gasteiger partial charge in [0, 0.05) is 0 Å². The lowest BCUT2D eigenvalue weighted by molar-refractivity contribution is -0.133. The van der Waals surface area contributed by atoms with E-state index in [-0.39, 0.29) is 6.61 Å². The lowest BCUT2D eigenvalue weighted by Gasteiger charge is -2.15. The molecule has 0 bridgehead atoms. The lowest BCUT2D eigenvalue weighted by Crippen LogP contribution is -2.16. The molecule has 0 spiro atoms. The molecule has 2 aromatic carbocycles. The second kappa shape index (κ2) is 11.5. The summed E-state index contributed by atoms with van der Waals surface area (Å²) < 4.78 is 15.7. The van der Waals surface area contributed by atoms with Crippen LogP contribution in [0.3, 0.4) is 0 Å². The van der Waals surface area contributed by atoms with Crippen LogP contribution in [0.2, 0.25) is 0 Å². The average molecular weight is 383 g/mol. The molecule has 0 heterocycles. The highest BCUT2D eigenvalue weighted by molar-refractivity contribution is 6.16. The first-order chi connectivity index (χ1) is 13.7. The van der Waals surface area contributed by atoms with Crippen molar-refractivity contribution in [1.82, 2.24) is 5.48 Å². The van der Waals surface area contributed by atoms with Gasteiger partial charge in [-0.25, -0.2) is 10.3 Å². The molecule has 0 aromatic heterocycles. The second-order valence-electron chi connectivity index (χ2n) is 5.73. The standard InChI is InChI=1S/C22H25NO5/c1-4-21(23-28-14-17-10-6-5-7-11-17)27-15-18-12-8-9-13-19(18)20(16-25-2)22(24)26-3/h4-13,16,23H,14-15H2,1-3H3. The molecule has 148 valence electrons. The number of hydroxylamine groups is 1. The van der Waals surface area contributed by atoms with Crippen LogP contribution >= 0.6 is 0 Å². The van der Waals surface area contributed by atoms with Gasteiger partial charge in [-0.1, -0.05) is 54.6 Å². The Labute approximate surface area is 165 Å². The third-order valence-electron chi connectivity index (χ3n) is 3.85. The van der Waals surface area contributed by atoms with Crippen molar-refractivity contribution in [2.45, 2.75) is 20.1 Å². The Morgan fingerprint density at radius 1 is 1.00 bits per heavy atom. The zero-order chi connectivity index (χ0) is 20.2. The summed E-state index contributed by atoms with van der Waals surface area (Å²) in [5.41, 5.74) is 5.65. The highest BCUT2D eigenvalue weighted by Crippen LogP contribution is 2.22. The summed E-state index contributed by atoms with van der Waals surface area (Å²) in [4.78, 5) is 17.6. The van der Waals surface area contributed by atoms with Gasteiger partial charge in [-0.3, -0.25) is 4.84 Å². The van der Waals surface area contributed by atoms with Gasteiger partial charge in [0.1, 0.15) is 12.2 Å². The first kappa shape index (κ1) is 21.1. The first-order valence-electron chi connectivity index (χ1n) is 8.80. The van der Waals surface area contributed by atoms with Crippen molar-refractivity contribution < 1.29 is 23.8 Å². The zero-order valence-corrected chi connectivity index (χ0v) is 16.3. The molecule has 1 N–H and O–H groups in total.